The van der Waals surface area contributed by atoms with Gasteiger partial charge in [0.15, 0.2) is 11.0 Å². The van der Waals surface area contributed by atoms with Crippen LogP contribution < -0.4 is 15.0 Å². The number of alkyl halides is 3. The van der Waals surface area contributed by atoms with E-state index in [1.165, 1.54) is 27.3 Å². The summed E-state index contributed by atoms with van der Waals surface area (Å²) >= 11 is 2.78. The van der Waals surface area contributed by atoms with E-state index in [9.17, 15) is 18.0 Å². The number of aryl methyl sites for hydroxylation is 1. The van der Waals surface area contributed by atoms with Gasteiger partial charge in [-0.15, -0.1) is 21.5 Å². The fraction of sp³-hybridized carbons (Fsp3) is 0.310. The van der Waals surface area contributed by atoms with Crippen LogP contribution in [0.3, 0.4) is 0 Å². The van der Waals surface area contributed by atoms with Gasteiger partial charge in [-0.3, -0.25) is 9.36 Å². The molecular weight excluding hydrogens is 587 g/mol. The number of nitrogens with one attached hydrogen (secondary N) is 1. The monoisotopic (exact) mass is 613 g/mol. The van der Waals surface area contributed by atoms with Crippen LogP contribution in [0.1, 0.15) is 41.0 Å². The van der Waals surface area contributed by atoms with Gasteiger partial charge < -0.3 is 14.5 Å². The number of methoxy groups -OCH3 is 1. The Morgan fingerprint density at radius 2 is 1.93 bits per heavy atom. The number of fused-ring (bicyclic) bond motifs is 3. The van der Waals surface area contributed by atoms with Gasteiger partial charge in [-0.2, -0.15) is 13.2 Å². The molecule has 8 nitrogen and oxygen atoms in total. The molecule has 1 unspecified atom stereocenters. The van der Waals surface area contributed by atoms with Gasteiger partial charge in [0.05, 0.1) is 29.5 Å². The van der Waals surface area contributed by atoms with E-state index < -0.39 is 11.7 Å². The largest absolute Gasteiger partial charge is 0.497 e. The normalized spacial score (nSPS) is 15.1. The Bertz CT molecular complexity index is 1800. The summed E-state index contributed by atoms with van der Waals surface area (Å²) in [4.78, 5) is 22.6. The van der Waals surface area contributed by atoms with E-state index >= 15 is 0 Å². The van der Waals surface area contributed by atoms with Gasteiger partial charge in [0.2, 0.25) is 0 Å². The number of benzene rings is 2. The molecule has 13 heteroatoms. The number of thiophene rings is 1. The molecule has 42 heavy (non-hydrogen) atoms. The van der Waals surface area contributed by atoms with Gasteiger partial charge in [0.1, 0.15) is 28.8 Å². The number of aromatic nitrogens is 5. The second-order valence-corrected chi connectivity index (χ2v) is 12.1. The Labute approximate surface area is 246 Å². The molecule has 5 aromatic rings. The lowest BCUT2D eigenvalue weighted by molar-refractivity contribution is -0.137. The average molecular weight is 614 g/mol. The highest BCUT2D eigenvalue weighted by molar-refractivity contribution is 7.98. The van der Waals surface area contributed by atoms with Crippen LogP contribution in [0.25, 0.3) is 15.9 Å². The number of aromatic amines is 1. The Morgan fingerprint density at radius 1 is 1.14 bits per heavy atom. The summed E-state index contributed by atoms with van der Waals surface area (Å²) in [6, 6.07) is 11.9. The smallest absolute Gasteiger partial charge is 0.416 e. The van der Waals surface area contributed by atoms with E-state index in [-0.39, 0.29) is 23.6 Å². The predicted octanol–water partition coefficient (Wildman–Crippen LogP) is 6.59. The van der Waals surface area contributed by atoms with Crippen LogP contribution in [-0.4, -0.2) is 31.8 Å². The van der Waals surface area contributed by atoms with Crippen molar-refractivity contribution in [3.05, 3.63) is 86.5 Å². The minimum Gasteiger partial charge on any atom is -0.497 e. The lowest BCUT2D eigenvalue weighted by atomic mass is 9.89. The van der Waals surface area contributed by atoms with Gasteiger partial charge in [-0.1, -0.05) is 24.8 Å². The highest BCUT2D eigenvalue weighted by Crippen LogP contribution is 2.36. The Hall–Kier alpha value is -3.84. The highest BCUT2D eigenvalue weighted by Gasteiger charge is 2.31. The molecule has 1 N–H and O–H groups in total. The van der Waals surface area contributed by atoms with Crippen LogP contribution in [0.15, 0.2) is 58.5 Å². The molecule has 1 aliphatic rings. The number of rotatable bonds is 8. The van der Waals surface area contributed by atoms with Crippen LogP contribution in [0.2, 0.25) is 0 Å². The fourth-order valence-electron chi connectivity index (χ4n) is 4.98. The Balaban J connectivity index is 1.30. The number of hydrogen-bond acceptors (Lipinski definition) is 8. The van der Waals surface area contributed by atoms with E-state index in [4.69, 9.17) is 14.5 Å². The van der Waals surface area contributed by atoms with Gasteiger partial charge in [-0.25, -0.2) is 4.98 Å². The van der Waals surface area contributed by atoms with Gasteiger partial charge in [0.25, 0.3) is 5.56 Å². The van der Waals surface area contributed by atoms with Gasteiger partial charge in [0, 0.05) is 4.88 Å². The molecule has 218 valence electrons. The van der Waals surface area contributed by atoms with Crippen molar-refractivity contribution in [3.8, 4) is 17.2 Å². The van der Waals surface area contributed by atoms with Crippen molar-refractivity contribution in [2.75, 3.05) is 7.11 Å². The Kier molecular flexibility index (Phi) is 7.71. The lowest BCUT2D eigenvalue weighted by Gasteiger charge is -2.17. The first-order valence-corrected chi connectivity index (χ1v) is 15.0. The van der Waals surface area contributed by atoms with Crippen LogP contribution in [-0.2, 0) is 31.4 Å². The molecule has 1 atom stereocenters. The fourth-order valence-corrected chi connectivity index (χ4v) is 7.23. The summed E-state index contributed by atoms with van der Waals surface area (Å²) in [6.07, 6.45) is -1.66. The number of thioether (sulfide) groups is 1. The first-order chi connectivity index (χ1) is 20.2. The van der Waals surface area contributed by atoms with E-state index in [1.54, 1.807) is 48.8 Å². The van der Waals surface area contributed by atoms with Crippen molar-refractivity contribution in [1.29, 1.82) is 0 Å². The van der Waals surface area contributed by atoms with Gasteiger partial charge >= 0.3 is 6.18 Å². The summed E-state index contributed by atoms with van der Waals surface area (Å²) in [7, 11) is 1.56. The third-order valence-corrected chi connectivity index (χ3v) is 9.20. The molecule has 0 aliphatic heterocycles. The maximum atomic E-state index is 13.6. The van der Waals surface area contributed by atoms with Crippen LogP contribution in [0.4, 0.5) is 13.2 Å². The summed E-state index contributed by atoms with van der Waals surface area (Å²) in [5.74, 6) is 2.77. The quantitative estimate of drug-likeness (QED) is 0.197. The minimum absolute atomic E-state index is 0.0453. The average Bonchev–Trinajstić information content (AvgIpc) is 3.55. The Morgan fingerprint density at radius 3 is 2.69 bits per heavy atom. The van der Waals surface area contributed by atoms with Crippen molar-refractivity contribution in [1.82, 2.24) is 24.7 Å². The lowest BCUT2D eigenvalue weighted by Crippen LogP contribution is -2.14. The molecule has 0 amide bonds. The molecule has 3 aromatic heterocycles. The standard InChI is InChI=1S/C29H26F3N5O3S2/c1-16-6-11-21-22(12-16)42-27-25(21)26(38)33-23(34-27)15-41-28-36-35-24(14-40-20-9-7-19(39-2)8-10-20)37(28)18-5-3-4-17(13-18)29(30,31)32/h3-5,7-10,13,16H,6,11-12,14-15H2,1-2H3,(H,33,34,38). The minimum atomic E-state index is -4.52. The second-order valence-electron chi connectivity index (χ2n) is 10.1. The zero-order chi connectivity index (χ0) is 29.4. The molecular formula is C29H26F3N5O3S2. The third kappa shape index (κ3) is 5.75. The van der Waals surface area contributed by atoms with Crippen LogP contribution >= 0.6 is 23.1 Å². The number of ether oxygens (including phenoxy) is 2. The summed E-state index contributed by atoms with van der Waals surface area (Å²) < 4.78 is 53.3. The maximum Gasteiger partial charge on any atom is 0.416 e. The molecule has 0 saturated carbocycles. The molecule has 0 saturated heterocycles. The third-order valence-electron chi connectivity index (χ3n) is 7.11. The topological polar surface area (TPSA) is 94.9 Å². The molecule has 3 heterocycles. The van der Waals surface area contributed by atoms with E-state index in [1.807, 2.05) is 0 Å². The first-order valence-electron chi connectivity index (χ1n) is 13.2. The molecule has 6 rings (SSSR count). The predicted molar refractivity (Wildman–Crippen MR) is 155 cm³/mol. The maximum absolute atomic E-state index is 13.6. The molecule has 0 spiro atoms. The highest BCUT2D eigenvalue weighted by atomic mass is 32.2. The van der Waals surface area contributed by atoms with Crippen molar-refractivity contribution >= 4 is 33.3 Å². The van der Waals surface area contributed by atoms with E-state index in [2.05, 4.69) is 22.1 Å². The summed E-state index contributed by atoms with van der Waals surface area (Å²) in [5.41, 5.74) is 0.379. The molecule has 0 radical (unpaired) electrons. The molecule has 1 aliphatic carbocycles. The van der Waals surface area contributed by atoms with Crippen LogP contribution in [0.5, 0.6) is 11.5 Å². The molecule has 0 fully saturated rings. The molecule has 2 aromatic carbocycles. The van der Waals surface area contributed by atoms with Crippen molar-refractivity contribution in [2.45, 2.75) is 49.9 Å². The number of halogens is 3. The summed E-state index contributed by atoms with van der Waals surface area (Å²) in [6.45, 7) is 2.17. The zero-order valence-electron chi connectivity index (χ0n) is 22.7. The van der Waals surface area contributed by atoms with Gasteiger partial charge in [-0.05, 0) is 73.2 Å². The van der Waals surface area contributed by atoms with Crippen LogP contribution in [0, 0.1) is 5.92 Å². The molecule has 0 bridgehead atoms. The second kappa shape index (κ2) is 11.4. The number of hydrogen-bond donors (Lipinski definition) is 1. The van der Waals surface area contributed by atoms with Crippen molar-refractivity contribution in [2.24, 2.45) is 5.92 Å². The number of H-pyrrole nitrogens is 1. The van der Waals surface area contributed by atoms with Crippen molar-refractivity contribution in [3.63, 3.8) is 0 Å². The SMILES string of the molecule is COc1ccc(OCc2nnc(SCc3nc4sc5c(c4c(=O)[nH]3)CCC(C)C5)n2-c2cccc(C(F)(F)F)c2)cc1. The number of nitrogens with zero attached hydrogens (tertiary/aromatic N) is 4. The summed E-state index contributed by atoms with van der Waals surface area (Å²) in [5, 5.41) is 9.50. The van der Waals surface area contributed by atoms with E-state index in [0.717, 1.165) is 37.0 Å². The first kappa shape index (κ1) is 28.3. The van der Waals surface area contributed by atoms with Crippen molar-refractivity contribution < 1.29 is 22.6 Å². The zero-order valence-corrected chi connectivity index (χ0v) is 24.3. The van der Waals surface area contributed by atoms with E-state index in [0.29, 0.717) is 44.4 Å².